The van der Waals surface area contributed by atoms with Crippen molar-refractivity contribution in [1.29, 1.82) is 0 Å². The van der Waals surface area contributed by atoms with Crippen LogP contribution in [-0.2, 0) is 15.1 Å². The first kappa shape index (κ1) is 19.1. The van der Waals surface area contributed by atoms with Crippen LogP contribution in [0.1, 0.15) is 50.1 Å². The summed E-state index contributed by atoms with van der Waals surface area (Å²) in [4.78, 5) is 24.6. The highest BCUT2D eigenvalue weighted by Gasteiger charge is 2.32. The molecule has 9 nitrogen and oxygen atoms in total. The van der Waals surface area contributed by atoms with Gasteiger partial charge in [0.05, 0.1) is 24.5 Å². The molecule has 1 saturated heterocycles. The van der Waals surface area contributed by atoms with Crippen LogP contribution >= 0.6 is 0 Å². The Hall–Kier alpha value is -2.68. The standard InChI is InChI=1S/C18H26N6O3/c1-4-27-17(26)18(2,3)24-12-13(10-20-24)21-16(25)15-7-9-23(22-15)14-6-5-8-19-11-14/h7,9-10,12,14,19H,4-6,8,11H2,1-3H3,(H,21,25). The van der Waals surface area contributed by atoms with Gasteiger partial charge in [0, 0.05) is 18.9 Å². The van der Waals surface area contributed by atoms with Gasteiger partial charge < -0.3 is 15.4 Å². The van der Waals surface area contributed by atoms with E-state index >= 15 is 0 Å². The molecule has 1 atom stereocenters. The number of esters is 1. The van der Waals surface area contributed by atoms with E-state index in [9.17, 15) is 9.59 Å². The maximum atomic E-state index is 12.5. The van der Waals surface area contributed by atoms with Crippen LogP contribution in [0.15, 0.2) is 24.7 Å². The number of carbonyl (C=O) groups excluding carboxylic acids is 2. The monoisotopic (exact) mass is 374 g/mol. The summed E-state index contributed by atoms with van der Waals surface area (Å²) in [6.45, 7) is 7.36. The molecule has 146 valence electrons. The van der Waals surface area contributed by atoms with Gasteiger partial charge in [-0.1, -0.05) is 0 Å². The minimum atomic E-state index is -0.964. The fraction of sp³-hybridized carbons (Fsp3) is 0.556. The molecule has 1 amide bonds. The van der Waals surface area contributed by atoms with Crippen LogP contribution in [0.4, 0.5) is 5.69 Å². The molecule has 1 aliphatic heterocycles. The van der Waals surface area contributed by atoms with Crippen molar-refractivity contribution in [2.75, 3.05) is 25.0 Å². The zero-order chi connectivity index (χ0) is 19.4. The number of hydrogen-bond acceptors (Lipinski definition) is 6. The molecule has 3 rings (SSSR count). The molecule has 0 radical (unpaired) electrons. The first-order chi connectivity index (χ1) is 12.9. The molecule has 27 heavy (non-hydrogen) atoms. The number of nitrogens with zero attached hydrogens (tertiary/aromatic N) is 4. The summed E-state index contributed by atoms with van der Waals surface area (Å²) in [5.41, 5.74) is -0.126. The summed E-state index contributed by atoms with van der Waals surface area (Å²) in [5, 5.41) is 14.7. The Bertz CT molecular complexity index is 804. The lowest BCUT2D eigenvalue weighted by molar-refractivity contribution is -0.152. The summed E-state index contributed by atoms with van der Waals surface area (Å²) in [6, 6.07) is 1.98. The van der Waals surface area contributed by atoms with Crippen molar-refractivity contribution >= 4 is 17.6 Å². The second kappa shape index (κ2) is 7.91. The number of nitrogens with one attached hydrogen (secondary N) is 2. The molecule has 1 fully saturated rings. The van der Waals surface area contributed by atoms with E-state index in [1.54, 1.807) is 33.0 Å². The van der Waals surface area contributed by atoms with Crippen LogP contribution in [0, 0.1) is 0 Å². The third-order valence-corrected chi connectivity index (χ3v) is 4.67. The van der Waals surface area contributed by atoms with Crippen molar-refractivity contribution in [1.82, 2.24) is 24.9 Å². The van der Waals surface area contributed by atoms with Crippen LogP contribution in [0.2, 0.25) is 0 Å². The normalized spacial score (nSPS) is 17.5. The highest BCUT2D eigenvalue weighted by molar-refractivity contribution is 6.02. The second-order valence-electron chi connectivity index (χ2n) is 7.09. The van der Waals surface area contributed by atoms with Crippen LogP contribution in [0.5, 0.6) is 0 Å². The van der Waals surface area contributed by atoms with E-state index < -0.39 is 5.54 Å². The van der Waals surface area contributed by atoms with Crippen LogP contribution in [0.25, 0.3) is 0 Å². The highest BCUT2D eigenvalue weighted by Crippen LogP contribution is 2.20. The Balaban J connectivity index is 1.66. The summed E-state index contributed by atoms with van der Waals surface area (Å²) >= 11 is 0. The van der Waals surface area contributed by atoms with Crippen LogP contribution in [0.3, 0.4) is 0 Å². The van der Waals surface area contributed by atoms with E-state index in [1.807, 2.05) is 10.9 Å². The van der Waals surface area contributed by atoms with Gasteiger partial charge in [0.15, 0.2) is 11.2 Å². The van der Waals surface area contributed by atoms with E-state index in [4.69, 9.17) is 4.74 Å². The van der Waals surface area contributed by atoms with Crippen LogP contribution < -0.4 is 10.6 Å². The molecule has 1 aliphatic rings. The first-order valence-corrected chi connectivity index (χ1v) is 9.21. The number of hydrogen-bond donors (Lipinski definition) is 2. The third-order valence-electron chi connectivity index (χ3n) is 4.67. The number of aromatic nitrogens is 4. The molecule has 2 N–H and O–H groups in total. The van der Waals surface area contributed by atoms with Crippen molar-refractivity contribution in [3.8, 4) is 0 Å². The lowest BCUT2D eigenvalue weighted by Crippen LogP contribution is -2.37. The Morgan fingerprint density at radius 1 is 1.44 bits per heavy atom. The topological polar surface area (TPSA) is 103 Å². The smallest absolute Gasteiger partial charge is 0.333 e. The number of rotatable bonds is 6. The van der Waals surface area contributed by atoms with Crippen LogP contribution in [-0.4, -0.2) is 51.1 Å². The average molecular weight is 374 g/mol. The van der Waals surface area contributed by atoms with Gasteiger partial charge in [-0.3, -0.25) is 14.2 Å². The van der Waals surface area contributed by atoms with Gasteiger partial charge in [-0.05, 0) is 46.2 Å². The highest BCUT2D eigenvalue weighted by atomic mass is 16.5. The molecular weight excluding hydrogens is 348 g/mol. The van der Waals surface area contributed by atoms with Crippen molar-refractivity contribution in [3.63, 3.8) is 0 Å². The Morgan fingerprint density at radius 3 is 2.96 bits per heavy atom. The van der Waals surface area contributed by atoms with Gasteiger partial charge in [0.2, 0.25) is 0 Å². The van der Waals surface area contributed by atoms with E-state index in [0.717, 1.165) is 25.9 Å². The van der Waals surface area contributed by atoms with Gasteiger partial charge in [-0.25, -0.2) is 4.79 Å². The molecule has 0 aromatic carbocycles. The van der Waals surface area contributed by atoms with Crippen molar-refractivity contribution < 1.29 is 14.3 Å². The summed E-state index contributed by atoms with van der Waals surface area (Å²) in [7, 11) is 0. The Kier molecular flexibility index (Phi) is 5.59. The van der Waals surface area contributed by atoms with E-state index in [2.05, 4.69) is 20.8 Å². The summed E-state index contributed by atoms with van der Waals surface area (Å²) in [6.07, 6.45) is 7.09. The zero-order valence-corrected chi connectivity index (χ0v) is 15.9. The molecule has 0 saturated carbocycles. The fourth-order valence-electron chi connectivity index (χ4n) is 3.01. The summed E-state index contributed by atoms with van der Waals surface area (Å²) < 4.78 is 8.40. The second-order valence-corrected chi connectivity index (χ2v) is 7.09. The Labute approximate surface area is 158 Å². The van der Waals surface area contributed by atoms with Gasteiger partial charge in [-0.2, -0.15) is 10.2 Å². The van der Waals surface area contributed by atoms with E-state index in [0.29, 0.717) is 18.0 Å². The molecule has 0 spiro atoms. The predicted molar refractivity (Wildman–Crippen MR) is 99.5 cm³/mol. The fourth-order valence-corrected chi connectivity index (χ4v) is 3.01. The summed E-state index contributed by atoms with van der Waals surface area (Å²) in [5.74, 6) is -0.697. The lowest BCUT2D eigenvalue weighted by atomic mass is 10.1. The molecule has 3 heterocycles. The van der Waals surface area contributed by atoms with Gasteiger partial charge in [0.25, 0.3) is 5.91 Å². The minimum absolute atomic E-state index is 0.272. The largest absolute Gasteiger partial charge is 0.464 e. The predicted octanol–water partition coefficient (Wildman–Crippen LogP) is 1.55. The lowest BCUT2D eigenvalue weighted by Gasteiger charge is -2.22. The van der Waals surface area contributed by atoms with Crippen molar-refractivity contribution in [3.05, 3.63) is 30.4 Å². The quantitative estimate of drug-likeness (QED) is 0.744. The molecular formula is C18H26N6O3. The molecule has 2 aromatic heterocycles. The maximum Gasteiger partial charge on any atom is 0.333 e. The van der Waals surface area contributed by atoms with E-state index in [-0.39, 0.29) is 17.9 Å². The molecule has 9 heteroatoms. The molecule has 1 unspecified atom stereocenters. The van der Waals surface area contributed by atoms with Gasteiger partial charge in [-0.15, -0.1) is 0 Å². The first-order valence-electron chi connectivity index (χ1n) is 9.21. The van der Waals surface area contributed by atoms with E-state index in [1.165, 1.54) is 10.9 Å². The zero-order valence-electron chi connectivity index (χ0n) is 15.9. The van der Waals surface area contributed by atoms with Crippen molar-refractivity contribution in [2.24, 2.45) is 0 Å². The number of anilines is 1. The SMILES string of the molecule is CCOC(=O)C(C)(C)n1cc(NC(=O)c2ccn(C3CCCNC3)n2)cn1. The van der Waals surface area contributed by atoms with Crippen molar-refractivity contribution in [2.45, 2.75) is 45.2 Å². The minimum Gasteiger partial charge on any atom is -0.464 e. The Morgan fingerprint density at radius 2 is 2.26 bits per heavy atom. The van der Waals surface area contributed by atoms with Gasteiger partial charge >= 0.3 is 5.97 Å². The molecule has 0 aliphatic carbocycles. The number of ether oxygens (including phenoxy) is 1. The molecule has 0 bridgehead atoms. The number of carbonyl (C=O) groups is 2. The molecule has 2 aromatic rings. The maximum absolute atomic E-state index is 12.5. The number of piperidine rings is 1. The van der Waals surface area contributed by atoms with Gasteiger partial charge in [0.1, 0.15) is 0 Å². The number of amides is 1. The third kappa shape index (κ3) is 4.19. The average Bonchev–Trinajstić information content (AvgIpc) is 3.32.